The molecule has 2 rings (SSSR count). The van der Waals surface area contributed by atoms with Gasteiger partial charge in [-0.3, -0.25) is 4.90 Å². The van der Waals surface area contributed by atoms with Crippen LogP contribution in [0.25, 0.3) is 0 Å². The van der Waals surface area contributed by atoms with Gasteiger partial charge >= 0.3 is 0 Å². The molecule has 19 heavy (non-hydrogen) atoms. The Morgan fingerprint density at radius 2 is 2.16 bits per heavy atom. The van der Waals surface area contributed by atoms with E-state index in [9.17, 15) is 0 Å². The molecular weight excluding hydrogens is 260 g/mol. The summed E-state index contributed by atoms with van der Waals surface area (Å²) in [5, 5.41) is 8.99. The van der Waals surface area contributed by atoms with Crippen LogP contribution in [0.3, 0.4) is 0 Å². The first-order chi connectivity index (χ1) is 9.20. The van der Waals surface area contributed by atoms with Crippen LogP contribution in [-0.2, 0) is 0 Å². The number of hydrogen-bond acceptors (Lipinski definition) is 5. The molecule has 2 heterocycles. The molecule has 0 unspecified atom stereocenters. The Bertz CT molecular complexity index is 440. The van der Waals surface area contributed by atoms with Gasteiger partial charge in [0, 0.05) is 26.2 Å². The first-order valence-corrected chi connectivity index (χ1v) is 6.96. The number of thiocarbonyl (C=S) groups is 1. The summed E-state index contributed by atoms with van der Waals surface area (Å²) < 4.78 is 0. The minimum Gasteiger partial charge on any atom is -0.395 e. The summed E-state index contributed by atoms with van der Waals surface area (Å²) >= 11 is 4.96. The lowest BCUT2D eigenvalue weighted by molar-refractivity contribution is 0.204. The van der Waals surface area contributed by atoms with E-state index in [2.05, 4.69) is 14.8 Å². The second-order valence-electron chi connectivity index (χ2n) is 4.65. The van der Waals surface area contributed by atoms with Crippen LogP contribution < -0.4 is 10.6 Å². The molecular formula is C13H20N4OS. The molecule has 0 saturated carbocycles. The Labute approximate surface area is 119 Å². The van der Waals surface area contributed by atoms with E-state index in [0.29, 0.717) is 10.7 Å². The van der Waals surface area contributed by atoms with Crippen molar-refractivity contribution in [3.63, 3.8) is 0 Å². The van der Waals surface area contributed by atoms with Crippen molar-refractivity contribution in [2.75, 3.05) is 44.2 Å². The zero-order valence-corrected chi connectivity index (χ0v) is 11.8. The van der Waals surface area contributed by atoms with Crippen LogP contribution in [-0.4, -0.2) is 59.3 Å². The third-order valence-corrected chi connectivity index (χ3v) is 3.52. The normalized spacial score (nSPS) is 17.2. The first-order valence-electron chi connectivity index (χ1n) is 6.56. The Morgan fingerprint density at radius 1 is 1.32 bits per heavy atom. The first kappa shape index (κ1) is 14.2. The van der Waals surface area contributed by atoms with E-state index in [1.807, 2.05) is 18.2 Å². The van der Waals surface area contributed by atoms with Gasteiger partial charge in [-0.15, -0.1) is 0 Å². The standard InChI is InChI=1S/C13H20N4OS/c14-13(19)11-3-1-4-12(15-11)17-6-2-5-16(7-8-17)9-10-18/h1,3-4,18H,2,5-10H2,(H2,14,19). The predicted molar refractivity (Wildman–Crippen MR) is 80.5 cm³/mol. The van der Waals surface area contributed by atoms with E-state index in [-0.39, 0.29) is 6.61 Å². The number of aromatic nitrogens is 1. The third-order valence-electron chi connectivity index (χ3n) is 3.32. The van der Waals surface area contributed by atoms with Crippen molar-refractivity contribution in [2.45, 2.75) is 6.42 Å². The van der Waals surface area contributed by atoms with E-state index in [4.69, 9.17) is 23.1 Å². The number of anilines is 1. The monoisotopic (exact) mass is 280 g/mol. The van der Waals surface area contributed by atoms with Crippen LogP contribution in [0.5, 0.6) is 0 Å². The zero-order valence-electron chi connectivity index (χ0n) is 11.0. The number of aliphatic hydroxyl groups excluding tert-OH is 1. The summed E-state index contributed by atoms with van der Waals surface area (Å²) in [5.41, 5.74) is 6.29. The number of β-amino-alcohol motifs (C(OH)–C–C–N with tert-alkyl or cyclic N) is 1. The molecule has 1 aromatic heterocycles. The highest BCUT2D eigenvalue weighted by atomic mass is 32.1. The molecule has 1 saturated heterocycles. The van der Waals surface area contributed by atoms with Gasteiger partial charge in [-0.1, -0.05) is 18.3 Å². The third kappa shape index (κ3) is 3.86. The largest absolute Gasteiger partial charge is 0.395 e. The fourth-order valence-corrected chi connectivity index (χ4v) is 2.42. The van der Waals surface area contributed by atoms with Crippen LogP contribution in [0, 0.1) is 0 Å². The molecule has 5 nitrogen and oxygen atoms in total. The van der Waals surface area contributed by atoms with E-state index in [1.54, 1.807) is 0 Å². The number of rotatable bonds is 4. The summed E-state index contributed by atoms with van der Waals surface area (Å²) in [7, 11) is 0. The van der Waals surface area contributed by atoms with E-state index in [0.717, 1.165) is 45.0 Å². The minimum atomic E-state index is 0.217. The molecule has 0 aliphatic carbocycles. The lowest BCUT2D eigenvalue weighted by atomic mass is 10.3. The molecule has 0 aromatic carbocycles. The summed E-state index contributed by atoms with van der Waals surface area (Å²) in [6.07, 6.45) is 1.07. The quantitative estimate of drug-likeness (QED) is 0.769. The predicted octanol–water partition coefficient (Wildman–Crippen LogP) is 0.220. The van der Waals surface area contributed by atoms with Crippen molar-refractivity contribution in [1.29, 1.82) is 0 Å². The van der Waals surface area contributed by atoms with E-state index in [1.165, 1.54) is 0 Å². The van der Waals surface area contributed by atoms with Crippen LogP contribution in [0.4, 0.5) is 5.82 Å². The molecule has 0 atom stereocenters. The van der Waals surface area contributed by atoms with Crippen molar-refractivity contribution < 1.29 is 5.11 Å². The highest BCUT2D eigenvalue weighted by molar-refractivity contribution is 7.80. The summed E-state index contributed by atoms with van der Waals surface area (Å²) in [4.78, 5) is 9.36. The maximum atomic E-state index is 8.99. The maximum Gasteiger partial charge on any atom is 0.129 e. The number of aliphatic hydroxyl groups is 1. The van der Waals surface area contributed by atoms with E-state index >= 15 is 0 Å². The van der Waals surface area contributed by atoms with Gasteiger partial charge in [-0.05, 0) is 25.1 Å². The Hall–Kier alpha value is -1.24. The smallest absolute Gasteiger partial charge is 0.129 e. The molecule has 0 amide bonds. The second kappa shape index (κ2) is 6.79. The highest BCUT2D eigenvalue weighted by Crippen LogP contribution is 2.14. The van der Waals surface area contributed by atoms with Gasteiger partial charge in [0.25, 0.3) is 0 Å². The molecule has 0 radical (unpaired) electrons. The summed E-state index contributed by atoms with van der Waals surface area (Å²) in [6.45, 7) is 4.80. The van der Waals surface area contributed by atoms with Crippen molar-refractivity contribution in [2.24, 2.45) is 5.73 Å². The lowest BCUT2D eigenvalue weighted by Gasteiger charge is -2.22. The average molecular weight is 280 g/mol. The van der Waals surface area contributed by atoms with Crippen LogP contribution in [0.1, 0.15) is 12.1 Å². The zero-order chi connectivity index (χ0) is 13.7. The molecule has 1 aromatic rings. The fourth-order valence-electron chi connectivity index (χ4n) is 2.30. The maximum absolute atomic E-state index is 8.99. The van der Waals surface area contributed by atoms with Crippen molar-refractivity contribution in [3.05, 3.63) is 23.9 Å². The average Bonchev–Trinajstić information content (AvgIpc) is 2.65. The van der Waals surface area contributed by atoms with Crippen molar-refractivity contribution in [1.82, 2.24) is 9.88 Å². The number of pyridine rings is 1. The molecule has 104 valence electrons. The summed E-state index contributed by atoms with van der Waals surface area (Å²) in [5.74, 6) is 0.927. The van der Waals surface area contributed by atoms with Gasteiger partial charge in [0.2, 0.25) is 0 Å². The van der Waals surface area contributed by atoms with Gasteiger partial charge in [0.05, 0.1) is 12.3 Å². The number of nitrogens with two attached hydrogens (primary N) is 1. The summed E-state index contributed by atoms with van der Waals surface area (Å²) in [6, 6.07) is 5.76. The van der Waals surface area contributed by atoms with Crippen LogP contribution >= 0.6 is 12.2 Å². The van der Waals surface area contributed by atoms with Crippen molar-refractivity contribution >= 4 is 23.0 Å². The molecule has 6 heteroatoms. The Kier molecular flexibility index (Phi) is 5.07. The van der Waals surface area contributed by atoms with Crippen LogP contribution in [0.2, 0.25) is 0 Å². The molecule has 0 spiro atoms. The van der Waals surface area contributed by atoms with Crippen molar-refractivity contribution in [3.8, 4) is 0 Å². The van der Waals surface area contributed by atoms with Gasteiger partial charge in [-0.25, -0.2) is 4.98 Å². The molecule has 1 aliphatic heterocycles. The van der Waals surface area contributed by atoms with Gasteiger partial charge in [0.15, 0.2) is 0 Å². The fraction of sp³-hybridized carbons (Fsp3) is 0.538. The van der Waals surface area contributed by atoms with Crippen LogP contribution in [0.15, 0.2) is 18.2 Å². The topological polar surface area (TPSA) is 65.6 Å². The number of hydrogen-bond donors (Lipinski definition) is 2. The SMILES string of the molecule is NC(=S)c1cccc(N2CCCN(CCO)CC2)n1. The van der Waals surface area contributed by atoms with E-state index < -0.39 is 0 Å². The molecule has 1 fully saturated rings. The van der Waals surface area contributed by atoms with Gasteiger partial charge in [-0.2, -0.15) is 0 Å². The lowest BCUT2D eigenvalue weighted by Crippen LogP contribution is -2.33. The van der Waals surface area contributed by atoms with Gasteiger partial charge < -0.3 is 15.7 Å². The minimum absolute atomic E-state index is 0.217. The second-order valence-corrected chi connectivity index (χ2v) is 5.09. The Balaban J connectivity index is 2.05. The molecule has 3 N–H and O–H groups in total. The Morgan fingerprint density at radius 3 is 2.89 bits per heavy atom. The number of nitrogens with zero attached hydrogens (tertiary/aromatic N) is 3. The highest BCUT2D eigenvalue weighted by Gasteiger charge is 2.15. The molecule has 1 aliphatic rings. The molecule has 0 bridgehead atoms. The van der Waals surface area contributed by atoms with Gasteiger partial charge in [0.1, 0.15) is 10.8 Å².